The Morgan fingerprint density at radius 1 is 1.31 bits per heavy atom. The average molecular weight is 217 g/mol. The summed E-state index contributed by atoms with van der Waals surface area (Å²) in [5.41, 5.74) is 8.05. The predicted octanol–water partition coefficient (Wildman–Crippen LogP) is 1.32. The summed E-state index contributed by atoms with van der Waals surface area (Å²) in [5.74, 6) is 1.00. The van der Waals surface area contributed by atoms with Crippen LogP contribution in [0.5, 0.6) is 0 Å². The van der Waals surface area contributed by atoms with Gasteiger partial charge in [-0.3, -0.25) is 4.99 Å². The van der Waals surface area contributed by atoms with Crippen LogP contribution in [0.4, 0.5) is 0 Å². The van der Waals surface area contributed by atoms with Gasteiger partial charge in [0.25, 0.3) is 0 Å². The molecular formula is C13H19N3. The first-order valence-electron chi connectivity index (χ1n) is 5.73. The Hall–Kier alpha value is -1.35. The fourth-order valence-electron chi connectivity index (χ4n) is 1.84. The molecule has 1 aliphatic heterocycles. The number of aliphatic imine (C=N–C) groups is 1. The highest BCUT2D eigenvalue weighted by molar-refractivity contribution is 6.00. The Morgan fingerprint density at radius 2 is 2.00 bits per heavy atom. The van der Waals surface area contributed by atoms with Gasteiger partial charge in [-0.25, -0.2) is 0 Å². The van der Waals surface area contributed by atoms with Crippen molar-refractivity contribution in [3.8, 4) is 0 Å². The Bertz CT molecular complexity index is 390. The first-order chi connectivity index (χ1) is 7.61. The first kappa shape index (κ1) is 11.1. The number of nitrogens with zero attached hydrogens (tertiary/aromatic N) is 1. The number of amidine groups is 1. The standard InChI is InChI=1S/C13H19N3/c1-13(2)9-15-12(16-13)11-5-3-10(4-6-11)7-8-14/h3-6H,7-9,14H2,1-2H3,(H,15,16). The second-order valence-electron chi connectivity index (χ2n) is 4.91. The third-order valence-electron chi connectivity index (χ3n) is 2.75. The van der Waals surface area contributed by atoms with Gasteiger partial charge in [0.05, 0.1) is 12.1 Å². The Morgan fingerprint density at radius 3 is 2.50 bits per heavy atom. The van der Waals surface area contributed by atoms with Crippen molar-refractivity contribution in [2.45, 2.75) is 25.8 Å². The van der Waals surface area contributed by atoms with E-state index in [2.05, 4.69) is 48.4 Å². The molecule has 0 fully saturated rings. The Balaban J connectivity index is 2.11. The minimum atomic E-state index is 0.0886. The molecule has 0 atom stereocenters. The topological polar surface area (TPSA) is 50.4 Å². The second-order valence-corrected chi connectivity index (χ2v) is 4.91. The van der Waals surface area contributed by atoms with Gasteiger partial charge in [-0.2, -0.15) is 0 Å². The van der Waals surface area contributed by atoms with Gasteiger partial charge < -0.3 is 11.1 Å². The number of benzene rings is 1. The van der Waals surface area contributed by atoms with Crippen molar-refractivity contribution in [3.63, 3.8) is 0 Å². The van der Waals surface area contributed by atoms with Gasteiger partial charge in [-0.05, 0) is 32.4 Å². The maximum Gasteiger partial charge on any atom is 0.128 e. The zero-order valence-electron chi connectivity index (χ0n) is 9.96. The second kappa shape index (κ2) is 4.26. The highest BCUT2D eigenvalue weighted by atomic mass is 15.1. The van der Waals surface area contributed by atoms with Crippen molar-refractivity contribution in [3.05, 3.63) is 35.4 Å². The molecule has 86 valence electrons. The van der Waals surface area contributed by atoms with Crippen molar-refractivity contribution in [2.75, 3.05) is 13.1 Å². The predicted molar refractivity (Wildman–Crippen MR) is 67.8 cm³/mol. The van der Waals surface area contributed by atoms with E-state index in [0.29, 0.717) is 6.54 Å². The van der Waals surface area contributed by atoms with E-state index in [1.807, 2.05) is 0 Å². The molecule has 1 aromatic carbocycles. The first-order valence-corrected chi connectivity index (χ1v) is 5.73. The molecule has 3 heteroatoms. The van der Waals surface area contributed by atoms with Crippen LogP contribution in [0.15, 0.2) is 29.3 Å². The van der Waals surface area contributed by atoms with Crippen LogP contribution in [-0.2, 0) is 6.42 Å². The summed E-state index contributed by atoms with van der Waals surface area (Å²) in [6, 6.07) is 8.46. The van der Waals surface area contributed by atoms with Crippen LogP contribution in [0, 0.1) is 0 Å². The summed E-state index contributed by atoms with van der Waals surface area (Å²) in [7, 11) is 0. The zero-order valence-corrected chi connectivity index (χ0v) is 9.96. The third kappa shape index (κ3) is 2.42. The van der Waals surface area contributed by atoms with Crippen molar-refractivity contribution in [1.82, 2.24) is 5.32 Å². The van der Waals surface area contributed by atoms with Gasteiger partial charge in [-0.15, -0.1) is 0 Å². The molecule has 0 bridgehead atoms. The maximum absolute atomic E-state index is 5.52. The largest absolute Gasteiger partial charge is 0.363 e. The molecule has 2 rings (SSSR count). The summed E-state index contributed by atoms with van der Waals surface area (Å²) in [6.07, 6.45) is 0.936. The van der Waals surface area contributed by atoms with E-state index in [1.54, 1.807) is 0 Å². The van der Waals surface area contributed by atoms with Crippen molar-refractivity contribution in [1.29, 1.82) is 0 Å². The minimum Gasteiger partial charge on any atom is -0.363 e. The van der Waals surface area contributed by atoms with Crippen LogP contribution >= 0.6 is 0 Å². The van der Waals surface area contributed by atoms with Crippen LogP contribution in [0.2, 0.25) is 0 Å². The summed E-state index contributed by atoms with van der Waals surface area (Å²) in [6.45, 7) is 5.86. The van der Waals surface area contributed by atoms with Crippen molar-refractivity contribution < 1.29 is 0 Å². The molecule has 0 aromatic heterocycles. The number of rotatable bonds is 3. The molecule has 0 aliphatic carbocycles. The quantitative estimate of drug-likeness (QED) is 0.802. The van der Waals surface area contributed by atoms with Gasteiger partial charge in [0.2, 0.25) is 0 Å². The summed E-state index contributed by atoms with van der Waals surface area (Å²) in [4.78, 5) is 4.52. The molecule has 0 unspecified atom stereocenters. The molecule has 1 aromatic rings. The molecule has 16 heavy (non-hydrogen) atoms. The van der Waals surface area contributed by atoms with Gasteiger partial charge in [0.1, 0.15) is 5.84 Å². The fourth-order valence-corrected chi connectivity index (χ4v) is 1.84. The molecule has 0 amide bonds. The van der Waals surface area contributed by atoms with E-state index in [1.165, 1.54) is 5.56 Å². The molecule has 0 spiro atoms. The van der Waals surface area contributed by atoms with Gasteiger partial charge in [-0.1, -0.05) is 24.3 Å². The molecule has 1 heterocycles. The van der Waals surface area contributed by atoms with Crippen LogP contribution in [-0.4, -0.2) is 24.5 Å². The van der Waals surface area contributed by atoms with Gasteiger partial charge in [0, 0.05) is 5.56 Å². The van der Waals surface area contributed by atoms with E-state index in [0.717, 1.165) is 24.4 Å². The molecule has 0 saturated heterocycles. The summed E-state index contributed by atoms with van der Waals surface area (Å²) < 4.78 is 0. The highest BCUT2D eigenvalue weighted by Crippen LogP contribution is 2.14. The van der Waals surface area contributed by atoms with Crippen LogP contribution in [0.1, 0.15) is 25.0 Å². The smallest absolute Gasteiger partial charge is 0.128 e. The molecule has 3 nitrogen and oxygen atoms in total. The third-order valence-corrected chi connectivity index (χ3v) is 2.75. The van der Waals surface area contributed by atoms with E-state index in [-0.39, 0.29) is 5.54 Å². The lowest BCUT2D eigenvalue weighted by molar-refractivity contribution is 0.506. The van der Waals surface area contributed by atoms with Crippen LogP contribution in [0.3, 0.4) is 0 Å². The monoisotopic (exact) mass is 217 g/mol. The summed E-state index contributed by atoms with van der Waals surface area (Å²) in [5, 5.41) is 3.42. The minimum absolute atomic E-state index is 0.0886. The van der Waals surface area contributed by atoms with Gasteiger partial charge in [0.15, 0.2) is 0 Å². The lowest BCUT2D eigenvalue weighted by atomic mass is 10.1. The number of hydrogen-bond donors (Lipinski definition) is 2. The van der Waals surface area contributed by atoms with E-state index >= 15 is 0 Å². The maximum atomic E-state index is 5.52. The SMILES string of the molecule is CC1(C)CN=C(c2ccc(CCN)cc2)N1. The Labute approximate surface area is 96.8 Å². The zero-order chi connectivity index (χ0) is 11.6. The molecule has 1 aliphatic rings. The Kier molecular flexibility index (Phi) is 2.97. The van der Waals surface area contributed by atoms with Crippen molar-refractivity contribution >= 4 is 5.84 Å². The van der Waals surface area contributed by atoms with E-state index in [9.17, 15) is 0 Å². The normalized spacial score (nSPS) is 18.1. The number of nitrogens with one attached hydrogen (secondary N) is 1. The van der Waals surface area contributed by atoms with E-state index < -0.39 is 0 Å². The summed E-state index contributed by atoms with van der Waals surface area (Å²) >= 11 is 0. The lowest BCUT2D eigenvalue weighted by Crippen LogP contribution is -2.39. The molecule has 0 radical (unpaired) electrons. The fraction of sp³-hybridized carbons (Fsp3) is 0.462. The lowest BCUT2D eigenvalue weighted by Gasteiger charge is -2.18. The average Bonchev–Trinajstić information content (AvgIpc) is 2.61. The highest BCUT2D eigenvalue weighted by Gasteiger charge is 2.25. The number of nitrogens with two attached hydrogens (primary N) is 1. The molecule has 0 saturated carbocycles. The molecular weight excluding hydrogens is 198 g/mol. The number of hydrogen-bond acceptors (Lipinski definition) is 3. The van der Waals surface area contributed by atoms with Crippen molar-refractivity contribution in [2.24, 2.45) is 10.7 Å². The molecule has 3 N–H and O–H groups in total. The van der Waals surface area contributed by atoms with Crippen LogP contribution in [0.25, 0.3) is 0 Å². The van der Waals surface area contributed by atoms with Crippen LogP contribution < -0.4 is 11.1 Å². The van der Waals surface area contributed by atoms with Gasteiger partial charge >= 0.3 is 0 Å². The van der Waals surface area contributed by atoms with E-state index in [4.69, 9.17) is 5.73 Å².